The first-order valence-corrected chi connectivity index (χ1v) is 13.9. The molecule has 0 fully saturated rings. The zero-order valence-electron chi connectivity index (χ0n) is 24.0. The van der Waals surface area contributed by atoms with Gasteiger partial charge in [0.1, 0.15) is 5.75 Å². The Kier molecular flexibility index (Phi) is 9.66. The predicted octanol–water partition coefficient (Wildman–Crippen LogP) is 5.23. The third kappa shape index (κ3) is 6.64. The van der Waals surface area contributed by atoms with Gasteiger partial charge in [-0.2, -0.15) is 22.8 Å². The van der Waals surface area contributed by atoms with E-state index in [9.17, 15) is 18.0 Å². The van der Waals surface area contributed by atoms with Crippen molar-refractivity contribution < 1.29 is 27.8 Å². The van der Waals surface area contributed by atoms with Crippen molar-refractivity contribution in [3.05, 3.63) is 58.4 Å². The van der Waals surface area contributed by atoms with Gasteiger partial charge in [-0.3, -0.25) is 4.79 Å². The molecule has 12 heteroatoms. The summed E-state index contributed by atoms with van der Waals surface area (Å²) in [5, 5.41) is 26.9. The molecular weight excluding hydrogens is 549 g/mol. The van der Waals surface area contributed by atoms with E-state index in [2.05, 4.69) is 32.9 Å². The van der Waals surface area contributed by atoms with Crippen molar-refractivity contribution in [1.29, 1.82) is 0 Å². The molecule has 0 aliphatic heterocycles. The molecule has 42 heavy (non-hydrogen) atoms. The maximum atomic E-state index is 14.2. The van der Waals surface area contributed by atoms with Gasteiger partial charge >= 0.3 is 6.18 Å². The summed E-state index contributed by atoms with van der Waals surface area (Å²) in [7, 11) is 1.44. The molecule has 0 radical (unpaired) electrons. The van der Waals surface area contributed by atoms with Gasteiger partial charge in [-0.05, 0) is 67.3 Å². The van der Waals surface area contributed by atoms with Crippen LogP contribution >= 0.6 is 0 Å². The average molecular weight is 585 g/mol. The lowest BCUT2D eigenvalue weighted by molar-refractivity contribution is -0.142. The van der Waals surface area contributed by atoms with Gasteiger partial charge in [0.05, 0.1) is 24.5 Å². The molecule has 4 rings (SSSR count). The summed E-state index contributed by atoms with van der Waals surface area (Å²) in [6.45, 7) is 6.11. The van der Waals surface area contributed by atoms with Crippen LogP contribution in [0, 0.1) is 12.8 Å². The Balaban J connectivity index is 1.80. The molecule has 4 aromatic rings. The van der Waals surface area contributed by atoms with Crippen molar-refractivity contribution in [2.24, 2.45) is 5.92 Å². The number of rotatable bonds is 12. The number of ether oxygens (including phenoxy) is 1. The topological polar surface area (TPSA) is 114 Å². The lowest BCUT2D eigenvalue weighted by Gasteiger charge is -2.15. The molecule has 1 atom stereocenters. The minimum atomic E-state index is -4.76. The number of halogens is 3. The van der Waals surface area contributed by atoms with E-state index in [0.717, 1.165) is 35.0 Å². The summed E-state index contributed by atoms with van der Waals surface area (Å²) < 4.78 is 49.2. The van der Waals surface area contributed by atoms with E-state index < -0.39 is 11.9 Å². The molecule has 0 saturated heterocycles. The number of alkyl halides is 3. The number of aromatic nitrogens is 4. The van der Waals surface area contributed by atoms with Crippen molar-refractivity contribution >= 4 is 29.0 Å². The fourth-order valence-electron chi connectivity index (χ4n) is 4.79. The molecule has 0 bridgehead atoms. The Bertz CT molecular complexity index is 1600. The minimum Gasteiger partial charge on any atom is -0.496 e. The second-order valence-electron chi connectivity index (χ2n) is 10.0. The van der Waals surface area contributed by atoms with E-state index in [1.54, 1.807) is 43.3 Å². The largest absolute Gasteiger partial charge is 0.496 e. The van der Waals surface area contributed by atoms with Crippen molar-refractivity contribution in [3.63, 3.8) is 0 Å². The number of aryl methyl sites for hydroxylation is 1. The number of aliphatic hydroxyl groups is 1. The van der Waals surface area contributed by atoms with E-state index >= 15 is 0 Å². The normalized spacial score (nSPS) is 13.0. The number of benzene rings is 2. The number of unbranched alkanes of at least 4 members (excludes halogenated alkanes) is 1. The third-order valence-electron chi connectivity index (χ3n) is 7.09. The molecule has 2 aromatic carbocycles. The summed E-state index contributed by atoms with van der Waals surface area (Å²) in [6.07, 6.45) is 0.0179. The van der Waals surface area contributed by atoms with Crippen LogP contribution in [0.5, 0.6) is 5.75 Å². The molecule has 0 aliphatic carbocycles. The molecular formula is C30H35F3N6O3. The van der Waals surface area contributed by atoms with Crippen LogP contribution < -0.4 is 20.6 Å². The van der Waals surface area contributed by atoms with Crippen LogP contribution in [0.2, 0.25) is 0 Å². The molecule has 2 heterocycles. The lowest BCUT2D eigenvalue weighted by atomic mass is 9.98. The first kappa shape index (κ1) is 30.8. The van der Waals surface area contributed by atoms with Crippen LogP contribution in [-0.2, 0) is 11.0 Å². The fourth-order valence-corrected chi connectivity index (χ4v) is 4.79. The van der Waals surface area contributed by atoms with Crippen LogP contribution in [0.4, 0.5) is 24.5 Å². The highest BCUT2D eigenvalue weighted by atomic mass is 19.4. The summed E-state index contributed by atoms with van der Waals surface area (Å²) in [5.41, 5.74) is 1.63. The van der Waals surface area contributed by atoms with Gasteiger partial charge in [0, 0.05) is 23.8 Å². The van der Waals surface area contributed by atoms with Crippen LogP contribution in [-0.4, -0.2) is 51.1 Å². The Morgan fingerprint density at radius 2 is 1.90 bits per heavy atom. The van der Waals surface area contributed by atoms with Crippen LogP contribution in [0.15, 0.2) is 36.4 Å². The fraction of sp³-hybridized carbons (Fsp3) is 0.400. The quantitative estimate of drug-likeness (QED) is 0.209. The highest BCUT2D eigenvalue weighted by molar-refractivity contribution is 5.93. The molecule has 2 aromatic heterocycles. The zero-order chi connectivity index (χ0) is 30.4. The van der Waals surface area contributed by atoms with Gasteiger partial charge in [-0.15, -0.1) is 10.2 Å². The third-order valence-corrected chi connectivity index (χ3v) is 7.09. The summed E-state index contributed by atoms with van der Waals surface area (Å²) in [5.74, 6) is 0.108. The minimum absolute atomic E-state index is 0.0430. The number of methoxy groups -OCH3 is 1. The van der Waals surface area contributed by atoms with E-state index in [0.29, 0.717) is 35.5 Å². The average Bonchev–Trinajstić information content (AvgIpc) is 3.53. The summed E-state index contributed by atoms with van der Waals surface area (Å²) >= 11 is 0. The maximum Gasteiger partial charge on any atom is 0.435 e. The number of hydrogen-bond donors (Lipinski definition) is 3. The first-order valence-electron chi connectivity index (χ1n) is 13.9. The molecule has 0 aliphatic rings. The molecule has 0 spiro atoms. The lowest BCUT2D eigenvalue weighted by Crippen LogP contribution is -2.22. The van der Waals surface area contributed by atoms with Crippen molar-refractivity contribution in [2.75, 3.05) is 30.9 Å². The Hall–Kier alpha value is -4.19. The monoisotopic (exact) mass is 584 g/mol. The number of nitrogens with zero attached hydrogens (tertiary/aromatic N) is 4. The summed E-state index contributed by atoms with van der Waals surface area (Å²) in [4.78, 5) is 12.9. The Morgan fingerprint density at radius 1 is 1.14 bits per heavy atom. The second kappa shape index (κ2) is 13.2. The predicted molar refractivity (Wildman–Crippen MR) is 155 cm³/mol. The number of carbonyl (C=O) groups is 1. The standard InChI is InChI=1S/C30H35F3N6O3/c1-5-7-8-19(6-2)29(41)35-22-11-12-25(42-4)23(17-22)27-36-37-28-24(26(30(31,32)33)38-39(27)28)16-20-9-10-21(15-18(20)3)34-13-14-40/h9-12,15-17,19,34,40H,5-8,13-14H2,1-4H3,(H,35,41)/b24-16-. The number of amides is 1. The van der Waals surface area contributed by atoms with Crippen LogP contribution in [0.25, 0.3) is 23.1 Å². The van der Waals surface area contributed by atoms with Gasteiger partial charge in [0.15, 0.2) is 17.2 Å². The molecule has 224 valence electrons. The molecule has 1 amide bonds. The van der Waals surface area contributed by atoms with E-state index in [4.69, 9.17) is 9.84 Å². The Labute approximate surface area is 241 Å². The zero-order valence-corrected chi connectivity index (χ0v) is 24.0. The maximum absolute atomic E-state index is 14.2. The number of aliphatic hydroxyl groups excluding tert-OH is 1. The van der Waals surface area contributed by atoms with Crippen molar-refractivity contribution in [1.82, 2.24) is 19.8 Å². The number of fused-ring (bicyclic) bond motifs is 1. The highest BCUT2D eigenvalue weighted by Crippen LogP contribution is 2.33. The van der Waals surface area contributed by atoms with Crippen molar-refractivity contribution in [2.45, 2.75) is 52.6 Å². The van der Waals surface area contributed by atoms with Crippen molar-refractivity contribution in [3.8, 4) is 17.1 Å². The van der Waals surface area contributed by atoms with E-state index in [1.165, 1.54) is 13.2 Å². The molecule has 9 nitrogen and oxygen atoms in total. The molecule has 0 saturated carbocycles. The number of nitrogens with one attached hydrogen (secondary N) is 2. The second-order valence-corrected chi connectivity index (χ2v) is 10.0. The smallest absolute Gasteiger partial charge is 0.435 e. The van der Waals surface area contributed by atoms with Crippen LogP contribution in [0.3, 0.4) is 0 Å². The van der Waals surface area contributed by atoms with E-state index in [-0.39, 0.29) is 35.1 Å². The van der Waals surface area contributed by atoms with Gasteiger partial charge in [-0.25, -0.2) is 0 Å². The Morgan fingerprint density at radius 3 is 2.55 bits per heavy atom. The summed E-state index contributed by atoms with van der Waals surface area (Å²) in [6, 6.07) is 10.1. The first-order chi connectivity index (χ1) is 20.1. The number of carbonyl (C=O) groups excluding carboxylic acids is 1. The molecule has 1 unspecified atom stereocenters. The van der Waals surface area contributed by atoms with Gasteiger partial charge in [-0.1, -0.05) is 32.8 Å². The van der Waals surface area contributed by atoms with Gasteiger partial charge in [0.2, 0.25) is 5.91 Å². The number of anilines is 2. The van der Waals surface area contributed by atoms with Gasteiger partial charge < -0.3 is 20.5 Å². The number of hydrogen-bond acceptors (Lipinski definition) is 7. The van der Waals surface area contributed by atoms with Gasteiger partial charge in [0.25, 0.3) is 0 Å². The highest BCUT2D eigenvalue weighted by Gasteiger charge is 2.37. The van der Waals surface area contributed by atoms with E-state index in [1.807, 2.05) is 6.92 Å². The van der Waals surface area contributed by atoms with Crippen LogP contribution in [0.1, 0.15) is 56.4 Å². The molecule has 3 N–H and O–H groups in total. The SMILES string of the molecule is CCCCC(CC)C(=O)Nc1ccc(OC)c(-c2nnc3/c(=C\c4ccc(NCCO)cc4C)c(C(F)(F)F)nn23)c1.